The highest BCUT2D eigenvalue weighted by Crippen LogP contribution is 2.34. The SMILES string of the molecule is O=C(CSc1nonc1/C(=N\O)NC1Cc2ccc(F)cc21)NCC(O)CO. The maximum absolute atomic E-state index is 13.4. The number of aliphatic hydroxyl groups is 2. The zero-order chi connectivity index (χ0) is 20.1. The van der Waals surface area contributed by atoms with E-state index in [0.717, 1.165) is 22.9 Å². The van der Waals surface area contributed by atoms with Gasteiger partial charge in [0.05, 0.1) is 24.5 Å². The highest BCUT2D eigenvalue weighted by molar-refractivity contribution is 8.00. The Kier molecular flexibility index (Phi) is 6.44. The van der Waals surface area contributed by atoms with Crippen molar-refractivity contribution in [3.63, 3.8) is 0 Å². The molecule has 1 aliphatic rings. The molecule has 3 rings (SSSR count). The van der Waals surface area contributed by atoms with Crippen LogP contribution in [0.5, 0.6) is 0 Å². The van der Waals surface area contributed by atoms with Crippen LogP contribution in [0, 0.1) is 5.82 Å². The van der Waals surface area contributed by atoms with Crippen LogP contribution in [0.4, 0.5) is 4.39 Å². The molecule has 12 heteroatoms. The predicted molar refractivity (Wildman–Crippen MR) is 95.4 cm³/mol. The van der Waals surface area contributed by atoms with Crippen LogP contribution in [-0.2, 0) is 11.2 Å². The summed E-state index contributed by atoms with van der Waals surface area (Å²) in [4.78, 5) is 11.8. The number of hydrogen-bond acceptors (Lipinski definition) is 9. The quantitative estimate of drug-likeness (QED) is 0.131. The number of nitrogens with zero attached hydrogens (tertiary/aromatic N) is 3. The third-order valence-electron chi connectivity index (χ3n) is 4.09. The first kappa shape index (κ1) is 20.0. The summed E-state index contributed by atoms with van der Waals surface area (Å²) in [5.74, 6) is -0.829. The summed E-state index contributed by atoms with van der Waals surface area (Å²) < 4.78 is 18.1. The van der Waals surface area contributed by atoms with Crippen LogP contribution >= 0.6 is 11.8 Å². The van der Waals surface area contributed by atoms with Crippen molar-refractivity contribution < 1.29 is 29.2 Å². The summed E-state index contributed by atoms with van der Waals surface area (Å²) in [7, 11) is 0. The Morgan fingerprint density at radius 1 is 1.46 bits per heavy atom. The number of amides is 1. The van der Waals surface area contributed by atoms with Gasteiger partial charge in [-0.05, 0) is 40.0 Å². The van der Waals surface area contributed by atoms with Gasteiger partial charge in [-0.25, -0.2) is 9.02 Å². The first-order chi connectivity index (χ1) is 13.5. The largest absolute Gasteiger partial charge is 0.409 e. The molecule has 1 aliphatic carbocycles. The molecule has 0 fully saturated rings. The summed E-state index contributed by atoms with van der Waals surface area (Å²) in [6.45, 7) is -0.538. The Hall–Kier alpha value is -2.70. The molecule has 0 saturated carbocycles. The number of rotatable bonds is 8. The molecule has 10 nitrogen and oxygen atoms in total. The highest BCUT2D eigenvalue weighted by atomic mass is 32.2. The number of hydrogen-bond donors (Lipinski definition) is 5. The molecule has 0 saturated heterocycles. The molecular weight excluding hydrogens is 393 g/mol. The lowest BCUT2D eigenvalue weighted by Crippen LogP contribution is -2.37. The number of carbonyl (C=O) groups is 1. The number of aliphatic hydroxyl groups excluding tert-OH is 2. The maximum atomic E-state index is 13.4. The van der Waals surface area contributed by atoms with E-state index in [1.165, 1.54) is 12.1 Å². The molecule has 0 aliphatic heterocycles. The van der Waals surface area contributed by atoms with Gasteiger partial charge in [0.1, 0.15) is 5.82 Å². The van der Waals surface area contributed by atoms with Gasteiger partial charge in [-0.1, -0.05) is 23.0 Å². The van der Waals surface area contributed by atoms with Crippen molar-refractivity contribution in [1.82, 2.24) is 20.9 Å². The molecule has 0 spiro atoms. The van der Waals surface area contributed by atoms with Gasteiger partial charge in [0, 0.05) is 6.54 Å². The van der Waals surface area contributed by atoms with Gasteiger partial charge < -0.3 is 26.1 Å². The van der Waals surface area contributed by atoms with Crippen LogP contribution in [0.2, 0.25) is 0 Å². The van der Waals surface area contributed by atoms with Crippen molar-refractivity contribution >= 4 is 23.5 Å². The van der Waals surface area contributed by atoms with E-state index in [9.17, 15) is 19.5 Å². The van der Waals surface area contributed by atoms with E-state index in [4.69, 9.17) is 5.11 Å². The van der Waals surface area contributed by atoms with Crippen LogP contribution in [0.3, 0.4) is 0 Å². The smallest absolute Gasteiger partial charge is 0.230 e. The first-order valence-electron chi connectivity index (χ1n) is 8.30. The normalized spacial score (nSPS) is 16.8. The number of thioether (sulfide) groups is 1. The molecule has 150 valence electrons. The Labute approximate surface area is 162 Å². The van der Waals surface area contributed by atoms with Crippen molar-refractivity contribution in [3.8, 4) is 0 Å². The minimum atomic E-state index is -1.04. The third kappa shape index (κ3) is 4.58. The summed E-state index contributed by atoms with van der Waals surface area (Å²) >= 11 is 0.990. The number of fused-ring (bicyclic) bond motifs is 1. The number of amidine groups is 1. The average Bonchev–Trinajstić information content (AvgIpc) is 3.15. The van der Waals surface area contributed by atoms with Gasteiger partial charge in [-0.2, -0.15) is 0 Å². The van der Waals surface area contributed by atoms with Crippen molar-refractivity contribution in [2.24, 2.45) is 5.16 Å². The van der Waals surface area contributed by atoms with Crippen molar-refractivity contribution in [3.05, 3.63) is 40.8 Å². The Morgan fingerprint density at radius 3 is 3.04 bits per heavy atom. The van der Waals surface area contributed by atoms with E-state index in [1.54, 1.807) is 6.07 Å². The highest BCUT2D eigenvalue weighted by Gasteiger charge is 2.30. The number of benzene rings is 1. The van der Waals surface area contributed by atoms with Crippen LogP contribution in [-0.4, -0.2) is 62.5 Å². The molecule has 1 amide bonds. The summed E-state index contributed by atoms with van der Waals surface area (Å²) in [5, 5.41) is 43.5. The molecule has 28 heavy (non-hydrogen) atoms. The second kappa shape index (κ2) is 8.99. The van der Waals surface area contributed by atoms with E-state index in [-0.39, 0.29) is 40.7 Å². The molecule has 2 atom stereocenters. The molecule has 1 aromatic carbocycles. The lowest BCUT2D eigenvalue weighted by atomic mass is 9.83. The van der Waals surface area contributed by atoms with Crippen molar-refractivity contribution in [2.45, 2.75) is 23.6 Å². The van der Waals surface area contributed by atoms with Crippen LogP contribution in [0.15, 0.2) is 33.0 Å². The van der Waals surface area contributed by atoms with Gasteiger partial charge in [0.25, 0.3) is 0 Å². The Balaban J connectivity index is 1.59. The van der Waals surface area contributed by atoms with Gasteiger partial charge in [-0.3, -0.25) is 4.79 Å². The lowest BCUT2D eigenvalue weighted by molar-refractivity contribution is -0.119. The summed E-state index contributed by atoms with van der Waals surface area (Å²) in [6, 6.07) is 4.24. The van der Waals surface area contributed by atoms with Gasteiger partial charge in [0.15, 0.2) is 16.6 Å². The van der Waals surface area contributed by atoms with Gasteiger partial charge in [-0.15, -0.1) is 0 Å². The fourth-order valence-corrected chi connectivity index (χ4v) is 3.34. The fourth-order valence-electron chi connectivity index (χ4n) is 2.61. The zero-order valence-electron chi connectivity index (χ0n) is 14.5. The molecular formula is C16H18FN5O5S. The van der Waals surface area contributed by atoms with Crippen LogP contribution in [0.25, 0.3) is 0 Å². The predicted octanol–water partition coefficient (Wildman–Crippen LogP) is -0.207. The monoisotopic (exact) mass is 411 g/mol. The van der Waals surface area contributed by atoms with Gasteiger partial charge >= 0.3 is 0 Å². The van der Waals surface area contributed by atoms with E-state index < -0.39 is 18.6 Å². The average molecular weight is 411 g/mol. The van der Waals surface area contributed by atoms with Gasteiger partial charge in [0.2, 0.25) is 5.91 Å². The molecule has 1 aromatic heterocycles. The van der Waals surface area contributed by atoms with E-state index >= 15 is 0 Å². The third-order valence-corrected chi connectivity index (χ3v) is 5.03. The number of oxime groups is 1. The van der Waals surface area contributed by atoms with E-state index in [0.29, 0.717) is 6.42 Å². The number of nitrogens with one attached hydrogen (secondary N) is 2. The van der Waals surface area contributed by atoms with Crippen molar-refractivity contribution in [1.29, 1.82) is 0 Å². The van der Waals surface area contributed by atoms with E-state index in [1.807, 2.05) is 0 Å². The molecule has 0 bridgehead atoms. The molecule has 5 N–H and O–H groups in total. The zero-order valence-corrected chi connectivity index (χ0v) is 15.3. The van der Waals surface area contributed by atoms with E-state index in [2.05, 4.69) is 30.7 Å². The molecule has 1 heterocycles. The first-order valence-corrected chi connectivity index (χ1v) is 9.28. The minimum absolute atomic E-state index is 0.0141. The van der Waals surface area contributed by atoms with Crippen molar-refractivity contribution in [2.75, 3.05) is 18.9 Å². The minimum Gasteiger partial charge on any atom is -0.409 e. The number of halogens is 1. The maximum Gasteiger partial charge on any atom is 0.230 e. The Morgan fingerprint density at radius 2 is 2.29 bits per heavy atom. The van der Waals surface area contributed by atoms with Crippen LogP contribution in [0.1, 0.15) is 22.9 Å². The molecule has 2 unspecified atom stereocenters. The standard InChI is InChI=1S/C16H18FN5O5S/c17-9-2-1-8-3-12(11(8)4-9)19-15(20-26)14-16(22-27-21-14)28-7-13(25)18-5-10(24)6-23/h1-2,4,10,12,23-24,26H,3,5-7H2,(H,18,25)(H,19,20). The fraction of sp³-hybridized carbons (Fsp3) is 0.375. The topological polar surface area (TPSA) is 153 Å². The van der Waals surface area contributed by atoms with Crippen LogP contribution < -0.4 is 10.6 Å². The number of aromatic nitrogens is 2. The summed E-state index contributed by atoms with van der Waals surface area (Å²) in [5.41, 5.74) is 1.86. The summed E-state index contributed by atoms with van der Waals surface area (Å²) in [6.07, 6.45) is -0.413. The molecule has 0 radical (unpaired) electrons. The second-order valence-electron chi connectivity index (χ2n) is 6.04. The Bertz CT molecular complexity index is 877. The second-order valence-corrected chi connectivity index (χ2v) is 7.00. The number of carbonyl (C=O) groups excluding carboxylic acids is 1. The molecule has 2 aromatic rings. The lowest BCUT2D eigenvalue weighted by Gasteiger charge is -2.31.